The third kappa shape index (κ3) is 6.60. The smallest absolute Gasteiger partial charge is 0.202 e. The summed E-state index contributed by atoms with van der Waals surface area (Å²) in [6.45, 7) is 0. The minimum absolute atomic E-state index is 0.700. The van der Waals surface area contributed by atoms with Crippen molar-refractivity contribution in [1.82, 2.24) is 9.13 Å². The molecule has 0 atom stereocenters. The van der Waals surface area contributed by atoms with Crippen molar-refractivity contribution in [2.45, 2.75) is 0 Å². The van der Waals surface area contributed by atoms with E-state index in [0.29, 0.717) is 5.02 Å². The largest absolute Gasteiger partial charge is 0.254 e. The lowest BCUT2D eigenvalue weighted by atomic mass is 9.90. The van der Waals surface area contributed by atoms with E-state index in [9.17, 15) is 0 Å². The van der Waals surface area contributed by atoms with Crippen LogP contribution >= 0.6 is 11.6 Å². The first-order chi connectivity index (χ1) is 26.2. The number of hydrogen-bond donors (Lipinski definition) is 0. The molecule has 9 rings (SSSR count). The van der Waals surface area contributed by atoms with Gasteiger partial charge in [-0.1, -0.05) is 121 Å². The molecule has 0 amide bonds. The fraction of sp³-hybridized carbons (Fsp3) is 0. The topological polar surface area (TPSA) is 17.6 Å². The van der Waals surface area contributed by atoms with Crippen molar-refractivity contribution in [1.29, 1.82) is 0 Å². The van der Waals surface area contributed by atoms with E-state index >= 15 is 0 Å². The summed E-state index contributed by atoms with van der Waals surface area (Å²) in [5.74, 6) is 0. The highest BCUT2D eigenvalue weighted by Crippen LogP contribution is 2.39. The van der Waals surface area contributed by atoms with E-state index in [4.69, 9.17) is 11.6 Å². The van der Waals surface area contributed by atoms with Crippen molar-refractivity contribution >= 4 is 11.6 Å². The summed E-state index contributed by atoms with van der Waals surface area (Å²) < 4.78 is 8.52. The van der Waals surface area contributed by atoms with Crippen molar-refractivity contribution in [2.24, 2.45) is 0 Å². The minimum atomic E-state index is 0.700. The van der Waals surface area contributed by atoms with Gasteiger partial charge in [0.25, 0.3) is 12.7 Å². The Morgan fingerprint density at radius 2 is 0.717 bits per heavy atom. The Morgan fingerprint density at radius 1 is 0.358 bits per heavy atom. The van der Waals surface area contributed by atoms with E-state index < -0.39 is 0 Å². The highest BCUT2D eigenvalue weighted by atomic mass is 35.5. The first kappa shape index (κ1) is 32.2. The average Bonchev–Trinajstić information content (AvgIpc) is 3.93. The molecule has 252 valence electrons. The molecule has 7 aromatic carbocycles. The molecule has 0 fully saturated rings. The van der Waals surface area contributed by atoms with Gasteiger partial charge in [-0.05, 0) is 111 Å². The van der Waals surface area contributed by atoms with Gasteiger partial charge in [0.15, 0.2) is 0 Å². The van der Waals surface area contributed by atoms with Crippen LogP contribution in [0.2, 0.25) is 5.02 Å². The summed E-state index contributed by atoms with van der Waals surface area (Å²) >= 11 is 6.91. The lowest BCUT2D eigenvalue weighted by Gasteiger charge is -2.15. The molecule has 9 aromatic rings. The normalized spacial score (nSPS) is 11.1. The number of imidazole rings is 2. The molecule has 4 nitrogen and oxygen atoms in total. The van der Waals surface area contributed by atoms with Crippen LogP contribution in [0.1, 0.15) is 0 Å². The molecule has 0 unspecified atom stereocenters. The van der Waals surface area contributed by atoms with Crippen LogP contribution in [0, 0.1) is 0 Å². The first-order valence-corrected chi connectivity index (χ1v) is 18.0. The number of hydrogen-bond acceptors (Lipinski definition) is 0. The fourth-order valence-corrected chi connectivity index (χ4v) is 7.26. The van der Waals surface area contributed by atoms with Crippen molar-refractivity contribution in [3.05, 3.63) is 218 Å². The van der Waals surface area contributed by atoms with Crippen LogP contribution in [-0.2, 0) is 0 Å². The molecule has 53 heavy (non-hydrogen) atoms. The van der Waals surface area contributed by atoms with Crippen LogP contribution < -0.4 is 9.13 Å². The molecule has 0 saturated heterocycles. The summed E-state index contributed by atoms with van der Waals surface area (Å²) in [6, 6.07) is 61.7. The number of para-hydroxylation sites is 2. The zero-order valence-corrected chi connectivity index (χ0v) is 29.6. The van der Waals surface area contributed by atoms with E-state index in [-0.39, 0.29) is 0 Å². The van der Waals surface area contributed by atoms with E-state index in [1.807, 2.05) is 12.1 Å². The summed E-state index contributed by atoms with van der Waals surface area (Å²) in [6.07, 6.45) is 12.5. The Kier molecular flexibility index (Phi) is 8.56. The van der Waals surface area contributed by atoms with Crippen molar-refractivity contribution in [3.63, 3.8) is 0 Å². The molecule has 0 aliphatic rings. The van der Waals surface area contributed by atoms with Crippen LogP contribution in [0.25, 0.3) is 67.3 Å². The van der Waals surface area contributed by atoms with Crippen LogP contribution in [0.4, 0.5) is 0 Å². The maximum atomic E-state index is 6.91. The zero-order chi connectivity index (χ0) is 35.6. The van der Waals surface area contributed by atoms with Gasteiger partial charge in [0.2, 0.25) is 0 Å². The quantitative estimate of drug-likeness (QED) is 0.140. The molecule has 0 N–H and O–H groups in total. The van der Waals surface area contributed by atoms with Gasteiger partial charge in [0, 0.05) is 5.02 Å². The molecule has 0 spiro atoms. The highest BCUT2D eigenvalue weighted by molar-refractivity contribution is 6.31. The summed E-state index contributed by atoms with van der Waals surface area (Å²) in [5, 5.41) is 0.700. The molecular formula is C48H35ClN4+2. The van der Waals surface area contributed by atoms with E-state index in [1.165, 1.54) is 0 Å². The molecule has 2 heterocycles. The zero-order valence-electron chi connectivity index (χ0n) is 28.9. The Bertz CT molecular complexity index is 2470. The lowest BCUT2D eigenvalue weighted by molar-refractivity contribution is -0.595. The van der Waals surface area contributed by atoms with Crippen molar-refractivity contribution < 1.29 is 9.13 Å². The van der Waals surface area contributed by atoms with Crippen LogP contribution in [0.3, 0.4) is 0 Å². The second-order valence-corrected chi connectivity index (χ2v) is 13.5. The first-order valence-electron chi connectivity index (χ1n) is 17.7. The van der Waals surface area contributed by atoms with Crippen LogP contribution in [0.5, 0.6) is 0 Å². The van der Waals surface area contributed by atoms with Gasteiger partial charge in [0.1, 0.15) is 47.5 Å². The fourth-order valence-electron chi connectivity index (χ4n) is 7.02. The second kappa shape index (κ2) is 14.1. The van der Waals surface area contributed by atoms with Crippen LogP contribution in [-0.4, -0.2) is 9.13 Å². The van der Waals surface area contributed by atoms with Gasteiger partial charge < -0.3 is 0 Å². The molecule has 5 heteroatoms. The predicted molar refractivity (Wildman–Crippen MR) is 215 cm³/mol. The monoisotopic (exact) mass is 702 g/mol. The summed E-state index contributed by atoms with van der Waals surface area (Å²) in [5.41, 5.74) is 13.5. The third-order valence-corrected chi connectivity index (χ3v) is 9.93. The number of halogens is 1. The van der Waals surface area contributed by atoms with Crippen molar-refractivity contribution in [2.75, 3.05) is 0 Å². The molecule has 0 aliphatic carbocycles. The number of benzene rings is 7. The van der Waals surface area contributed by atoms with E-state index in [0.717, 1.165) is 67.3 Å². The second-order valence-electron chi connectivity index (χ2n) is 13.0. The Labute approximate surface area is 314 Å². The lowest BCUT2D eigenvalue weighted by Crippen LogP contribution is -2.27. The van der Waals surface area contributed by atoms with Crippen LogP contribution in [0.15, 0.2) is 213 Å². The number of nitrogens with zero attached hydrogens (tertiary/aromatic N) is 4. The van der Waals surface area contributed by atoms with Gasteiger partial charge >= 0.3 is 0 Å². The van der Waals surface area contributed by atoms with Gasteiger partial charge in [-0.3, -0.25) is 0 Å². The molecular weight excluding hydrogens is 668 g/mol. The SMILES string of the molecule is Clc1cc(-c2ccccc2-c2ccc(-n3cc[n+](-c4ccccc4)c3)cc2)cc(-c2ccccc2-c2ccc(-n3cc[n+](-c4ccccc4)c3)cc2)c1. The summed E-state index contributed by atoms with van der Waals surface area (Å²) in [4.78, 5) is 0. The molecule has 0 saturated carbocycles. The van der Waals surface area contributed by atoms with Gasteiger partial charge in [0.05, 0.1) is 0 Å². The van der Waals surface area contributed by atoms with Crippen molar-refractivity contribution in [3.8, 4) is 67.3 Å². The average molecular weight is 703 g/mol. The molecule has 2 aromatic heterocycles. The number of rotatable bonds is 8. The highest BCUT2D eigenvalue weighted by Gasteiger charge is 2.15. The maximum absolute atomic E-state index is 6.91. The molecule has 0 radical (unpaired) electrons. The standard InChI is InChI=1S/C48H35ClN4/c49-40-32-38(47-17-9-7-15-45(47)36-19-23-43(24-20-36)52-29-27-50(34-52)41-11-3-1-4-12-41)31-39(33-40)48-18-10-8-16-46(48)37-21-25-44(26-22-37)53-30-28-51(35-53)42-13-5-2-6-14-42/h1-35H/q+2. The Balaban J connectivity index is 1.01. The Hall–Kier alpha value is -6.75. The maximum Gasteiger partial charge on any atom is 0.254 e. The van der Waals surface area contributed by atoms with E-state index in [1.54, 1.807) is 0 Å². The molecule has 0 bridgehead atoms. The minimum Gasteiger partial charge on any atom is -0.202 e. The van der Waals surface area contributed by atoms with Gasteiger partial charge in [-0.25, -0.2) is 18.3 Å². The van der Waals surface area contributed by atoms with Gasteiger partial charge in [-0.15, -0.1) is 0 Å². The number of aromatic nitrogens is 4. The summed E-state index contributed by atoms with van der Waals surface area (Å²) in [7, 11) is 0. The van der Waals surface area contributed by atoms with Gasteiger partial charge in [-0.2, -0.15) is 0 Å². The predicted octanol–water partition coefficient (Wildman–Crippen LogP) is 11.1. The Morgan fingerprint density at radius 3 is 1.11 bits per heavy atom. The molecule has 0 aliphatic heterocycles. The third-order valence-electron chi connectivity index (χ3n) is 9.71. The van der Waals surface area contributed by atoms with E-state index in [2.05, 4.69) is 220 Å².